The van der Waals surface area contributed by atoms with Crippen LogP contribution in [0.1, 0.15) is 24.8 Å². The summed E-state index contributed by atoms with van der Waals surface area (Å²) in [5, 5.41) is 0. The van der Waals surface area contributed by atoms with Gasteiger partial charge >= 0.3 is 0 Å². The predicted octanol–water partition coefficient (Wildman–Crippen LogP) is 3.27. The number of pyridine rings is 1. The van der Waals surface area contributed by atoms with E-state index in [0.717, 1.165) is 24.5 Å². The average Bonchev–Trinajstić information content (AvgIpc) is 3.22. The van der Waals surface area contributed by atoms with Gasteiger partial charge in [0.2, 0.25) is 5.88 Å². The number of rotatable bonds is 2. The number of fused-ring (bicyclic) bond motifs is 2. The molecule has 1 fully saturated rings. The Labute approximate surface area is 117 Å². The summed E-state index contributed by atoms with van der Waals surface area (Å²) < 4.78 is 11.7. The lowest BCUT2D eigenvalue weighted by atomic mass is 9.89. The maximum absolute atomic E-state index is 5.96. The van der Waals surface area contributed by atoms with Crippen molar-refractivity contribution >= 4 is 5.69 Å². The van der Waals surface area contributed by atoms with Gasteiger partial charge in [0.1, 0.15) is 11.5 Å². The van der Waals surface area contributed by atoms with E-state index in [1.165, 1.54) is 18.4 Å². The maximum atomic E-state index is 5.96. The molecule has 4 rings (SSSR count). The first-order valence-corrected chi connectivity index (χ1v) is 6.93. The topological polar surface area (TPSA) is 57.4 Å². The number of nitrogen functional groups attached to an aromatic ring is 1. The van der Waals surface area contributed by atoms with Crippen molar-refractivity contribution in [3.63, 3.8) is 0 Å². The fourth-order valence-electron chi connectivity index (χ4n) is 2.94. The van der Waals surface area contributed by atoms with Crippen molar-refractivity contribution in [3.8, 4) is 17.4 Å². The molecular formula is C16H16N2O2. The van der Waals surface area contributed by atoms with Crippen LogP contribution in [0.5, 0.6) is 17.4 Å². The molecule has 0 bridgehead atoms. The molecule has 0 amide bonds. The first kappa shape index (κ1) is 11.6. The highest BCUT2D eigenvalue weighted by atomic mass is 16.5. The molecule has 1 saturated carbocycles. The van der Waals surface area contributed by atoms with Gasteiger partial charge in [0, 0.05) is 17.0 Å². The molecule has 1 aromatic heterocycles. The van der Waals surface area contributed by atoms with Gasteiger partial charge in [-0.2, -0.15) is 0 Å². The molecule has 2 aromatic rings. The van der Waals surface area contributed by atoms with Crippen molar-refractivity contribution in [2.75, 3.05) is 12.3 Å². The highest BCUT2D eigenvalue weighted by Crippen LogP contribution is 2.59. The quantitative estimate of drug-likeness (QED) is 0.908. The molecule has 0 radical (unpaired) electrons. The van der Waals surface area contributed by atoms with Crippen molar-refractivity contribution in [2.45, 2.75) is 24.7 Å². The van der Waals surface area contributed by atoms with Crippen molar-refractivity contribution in [2.24, 2.45) is 0 Å². The smallest absolute Gasteiger partial charge is 0.219 e. The summed E-state index contributed by atoms with van der Waals surface area (Å²) in [4.78, 5) is 4.20. The van der Waals surface area contributed by atoms with Crippen LogP contribution in [-0.2, 0) is 5.41 Å². The second-order valence-electron chi connectivity index (χ2n) is 5.54. The normalized spacial score (nSPS) is 18.2. The van der Waals surface area contributed by atoms with Gasteiger partial charge in [-0.05, 0) is 37.5 Å². The van der Waals surface area contributed by atoms with Gasteiger partial charge in [-0.1, -0.05) is 6.07 Å². The van der Waals surface area contributed by atoms with E-state index < -0.39 is 0 Å². The largest absolute Gasteiger partial charge is 0.493 e. The van der Waals surface area contributed by atoms with E-state index in [2.05, 4.69) is 4.98 Å². The molecule has 2 aliphatic rings. The molecule has 4 nitrogen and oxygen atoms in total. The summed E-state index contributed by atoms with van der Waals surface area (Å²) in [6.45, 7) is 0.802. The van der Waals surface area contributed by atoms with E-state index in [1.807, 2.05) is 18.2 Å². The molecule has 1 aliphatic heterocycles. The zero-order valence-corrected chi connectivity index (χ0v) is 11.1. The fourth-order valence-corrected chi connectivity index (χ4v) is 2.94. The van der Waals surface area contributed by atoms with Crippen molar-refractivity contribution < 1.29 is 9.47 Å². The lowest BCUT2D eigenvalue weighted by molar-refractivity contribution is 0.255. The lowest BCUT2D eigenvalue weighted by Crippen LogP contribution is -2.20. The standard InChI is InChI=1S/C16H16N2O2/c17-11-4-5-14(18-10-11)20-13-3-1-2-12-15(13)16(6-7-16)8-9-19-12/h1-5,10H,6-9,17H2. The van der Waals surface area contributed by atoms with Crippen LogP contribution in [-0.4, -0.2) is 11.6 Å². The van der Waals surface area contributed by atoms with Crippen LogP contribution in [0.15, 0.2) is 36.5 Å². The molecule has 0 saturated heterocycles. The van der Waals surface area contributed by atoms with Crippen LogP contribution in [0, 0.1) is 0 Å². The molecule has 0 unspecified atom stereocenters. The minimum absolute atomic E-state index is 0.276. The molecule has 1 spiro atoms. The molecular weight excluding hydrogens is 252 g/mol. The molecule has 1 aromatic carbocycles. The molecule has 1 aliphatic carbocycles. The Kier molecular flexibility index (Phi) is 2.39. The predicted molar refractivity (Wildman–Crippen MR) is 76.2 cm³/mol. The van der Waals surface area contributed by atoms with Gasteiger partial charge in [-0.15, -0.1) is 0 Å². The highest BCUT2D eigenvalue weighted by Gasteiger charge is 2.49. The number of hydrogen-bond acceptors (Lipinski definition) is 4. The fraction of sp³-hybridized carbons (Fsp3) is 0.312. The first-order valence-electron chi connectivity index (χ1n) is 6.93. The van der Waals surface area contributed by atoms with E-state index in [9.17, 15) is 0 Å². The molecule has 4 heteroatoms. The Morgan fingerprint density at radius 1 is 1.15 bits per heavy atom. The summed E-state index contributed by atoms with van der Waals surface area (Å²) in [6, 6.07) is 9.56. The monoisotopic (exact) mass is 268 g/mol. The second-order valence-corrected chi connectivity index (χ2v) is 5.54. The van der Waals surface area contributed by atoms with Crippen LogP contribution in [0.25, 0.3) is 0 Å². The van der Waals surface area contributed by atoms with Crippen LogP contribution < -0.4 is 15.2 Å². The third-order valence-corrected chi connectivity index (χ3v) is 4.18. The third kappa shape index (κ3) is 1.80. The van der Waals surface area contributed by atoms with Crippen molar-refractivity contribution in [1.29, 1.82) is 0 Å². The van der Waals surface area contributed by atoms with Crippen LogP contribution >= 0.6 is 0 Å². The van der Waals surface area contributed by atoms with E-state index in [-0.39, 0.29) is 5.41 Å². The van der Waals surface area contributed by atoms with E-state index in [0.29, 0.717) is 11.6 Å². The summed E-state index contributed by atoms with van der Waals surface area (Å²) in [5.74, 6) is 2.38. The van der Waals surface area contributed by atoms with Gasteiger partial charge in [-0.25, -0.2) is 4.98 Å². The number of nitrogens with zero attached hydrogens (tertiary/aromatic N) is 1. The number of hydrogen-bond donors (Lipinski definition) is 1. The minimum atomic E-state index is 0.276. The average molecular weight is 268 g/mol. The number of ether oxygens (including phenoxy) is 2. The summed E-state index contributed by atoms with van der Waals surface area (Å²) in [5.41, 5.74) is 7.77. The Hall–Kier alpha value is -2.23. The highest BCUT2D eigenvalue weighted by molar-refractivity contribution is 5.54. The van der Waals surface area contributed by atoms with Crippen LogP contribution in [0.4, 0.5) is 5.69 Å². The zero-order valence-electron chi connectivity index (χ0n) is 11.1. The Morgan fingerprint density at radius 3 is 2.80 bits per heavy atom. The maximum Gasteiger partial charge on any atom is 0.219 e. The number of aromatic nitrogens is 1. The van der Waals surface area contributed by atoms with Gasteiger partial charge in [0.15, 0.2) is 0 Å². The SMILES string of the molecule is Nc1ccc(Oc2cccc3c2C2(CCO3)CC2)nc1. The molecule has 2 heterocycles. The third-order valence-electron chi connectivity index (χ3n) is 4.18. The summed E-state index contributed by atoms with van der Waals surface area (Å²) >= 11 is 0. The molecule has 102 valence electrons. The Bertz CT molecular complexity index is 648. The summed E-state index contributed by atoms with van der Waals surface area (Å²) in [6.07, 6.45) is 5.13. The van der Waals surface area contributed by atoms with Gasteiger partial charge < -0.3 is 15.2 Å². The number of nitrogens with two attached hydrogens (primary N) is 1. The molecule has 0 atom stereocenters. The zero-order chi connectivity index (χ0) is 13.6. The minimum Gasteiger partial charge on any atom is -0.493 e. The first-order chi connectivity index (χ1) is 9.77. The Balaban J connectivity index is 1.74. The van der Waals surface area contributed by atoms with E-state index in [1.54, 1.807) is 18.3 Å². The second kappa shape index (κ2) is 4.13. The Morgan fingerprint density at radius 2 is 2.05 bits per heavy atom. The number of anilines is 1. The number of benzene rings is 1. The van der Waals surface area contributed by atoms with E-state index in [4.69, 9.17) is 15.2 Å². The summed E-state index contributed by atoms with van der Waals surface area (Å²) in [7, 11) is 0. The molecule has 2 N–H and O–H groups in total. The molecule has 20 heavy (non-hydrogen) atoms. The van der Waals surface area contributed by atoms with Crippen molar-refractivity contribution in [3.05, 3.63) is 42.1 Å². The van der Waals surface area contributed by atoms with Crippen LogP contribution in [0.3, 0.4) is 0 Å². The lowest BCUT2D eigenvalue weighted by Gasteiger charge is -2.27. The van der Waals surface area contributed by atoms with Gasteiger partial charge in [0.25, 0.3) is 0 Å². The van der Waals surface area contributed by atoms with Gasteiger partial charge in [-0.3, -0.25) is 0 Å². The van der Waals surface area contributed by atoms with Crippen molar-refractivity contribution in [1.82, 2.24) is 4.98 Å². The van der Waals surface area contributed by atoms with E-state index >= 15 is 0 Å². The van der Waals surface area contributed by atoms with Gasteiger partial charge in [0.05, 0.1) is 18.5 Å². The van der Waals surface area contributed by atoms with Crippen LogP contribution in [0.2, 0.25) is 0 Å².